The molecule has 2 nitrogen and oxygen atoms in total. The molecule has 15 heavy (non-hydrogen) atoms. The number of benzene rings is 1. The van der Waals surface area contributed by atoms with Crippen molar-refractivity contribution >= 4 is 21.7 Å². The molecule has 0 aliphatic carbocycles. The maximum Gasteiger partial charge on any atom is 0.163 e. The molecule has 0 radical (unpaired) electrons. The Morgan fingerprint density at radius 2 is 2.20 bits per heavy atom. The van der Waals surface area contributed by atoms with E-state index < -0.39 is 0 Å². The average molecular weight is 271 g/mol. The minimum atomic E-state index is 0.192. The number of ketones is 1. The Bertz CT molecular complexity index is 347. The molecule has 0 saturated heterocycles. The van der Waals surface area contributed by atoms with Crippen molar-refractivity contribution in [1.29, 1.82) is 0 Å². The number of carbonyl (C=O) groups is 1. The van der Waals surface area contributed by atoms with Gasteiger partial charge in [-0.25, -0.2) is 0 Å². The van der Waals surface area contributed by atoms with Gasteiger partial charge >= 0.3 is 0 Å². The zero-order valence-corrected chi connectivity index (χ0v) is 10.6. The first-order valence-corrected chi connectivity index (χ1v) is 5.72. The number of hydrogen-bond donors (Lipinski definition) is 0. The van der Waals surface area contributed by atoms with Gasteiger partial charge in [0.2, 0.25) is 0 Å². The smallest absolute Gasteiger partial charge is 0.163 e. The highest BCUT2D eigenvalue weighted by molar-refractivity contribution is 9.10. The van der Waals surface area contributed by atoms with Crippen LogP contribution in [0.25, 0.3) is 0 Å². The number of carbonyl (C=O) groups excluding carboxylic acids is 1. The average Bonchev–Trinajstić information content (AvgIpc) is 2.17. The van der Waals surface area contributed by atoms with Gasteiger partial charge in [-0.3, -0.25) is 4.79 Å². The van der Waals surface area contributed by atoms with Crippen molar-refractivity contribution < 1.29 is 9.53 Å². The second kappa shape index (κ2) is 6.03. The van der Waals surface area contributed by atoms with Crippen LogP contribution in [0.3, 0.4) is 0 Å². The maximum absolute atomic E-state index is 11.8. The topological polar surface area (TPSA) is 26.3 Å². The molecule has 0 aliphatic heterocycles. The van der Waals surface area contributed by atoms with E-state index >= 15 is 0 Å². The first kappa shape index (κ1) is 12.4. The zero-order valence-electron chi connectivity index (χ0n) is 9.05. The molecular formula is C12H15BrO2. The lowest BCUT2D eigenvalue weighted by Crippen LogP contribution is -2.03. The summed E-state index contributed by atoms with van der Waals surface area (Å²) in [6.07, 6.45) is 1.33. The van der Waals surface area contributed by atoms with Gasteiger partial charge in [-0.15, -0.1) is 0 Å². The van der Waals surface area contributed by atoms with Crippen molar-refractivity contribution in [3.63, 3.8) is 0 Å². The van der Waals surface area contributed by atoms with Crippen molar-refractivity contribution in [3.05, 3.63) is 33.8 Å². The Kier molecular flexibility index (Phi) is 4.99. The van der Waals surface area contributed by atoms with Gasteiger partial charge in [0.15, 0.2) is 5.78 Å². The molecule has 82 valence electrons. The molecule has 1 aromatic rings. The van der Waals surface area contributed by atoms with E-state index in [1.165, 1.54) is 0 Å². The summed E-state index contributed by atoms with van der Waals surface area (Å²) < 4.78 is 5.93. The second-order valence-corrected chi connectivity index (χ2v) is 4.39. The number of rotatable bonds is 5. The fourth-order valence-corrected chi connectivity index (χ4v) is 1.93. The maximum atomic E-state index is 11.8. The highest BCUT2D eigenvalue weighted by Crippen LogP contribution is 2.17. The first-order chi connectivity index (χ1) is 7.15. The number of Topliss-reactive ketones (excluding diaryl/α,β-unsaturated/α-hetero) is 1. The van der Waals surface area contributed by atoms with Crippen molar-refractivity contribution in [3.8, 4) is 0 Å². The van der Waals surface area contributed by atoms with E-state index in [1.54, 1.807) is 7.11 Å². The van der Waals surface area contributed by atoms with Crippen molar-refractivity contribution in [2.45, 2.75) is 19.8 Å². The molecule has 0 saturated carbocycles. The summed E-state index contributed by atoms with van der Waals surface area (Å²) in [6.45, 7) is 2.59. The molecule has 0 spiro atoms. The van der Waals surface area contributed by atoms with Crippen LogP contribution in [0.4, 0.5) is 0 Å². The molecule has 1 rings (SSSR count). The largest absolute Gasteiger partial charge is 0.385 e. The van der Waals surface area contributed by atoms with Gasteiger partial charge in [0.05, 0.1) is 0 Å². The van der Waals surface area contributed by atoms with E-state index in [4.69, 9.17) is 4.74 Å². The number of aryl methyl sites for hydroxylation is 1. The quantitative estimate of drug-likeness (QED) is 0.606. The van der Waals surface area contributed by atoms with E-state index in [2.05, 4.69) is 15.9 Å². The summed E-state index contributed by atoms with van der Waals surface area (Å²) in [5, 5.41) is 0. The Morgan fingerprint density at radius 3 is 2.80 bits per heavy atom. The van der Waals surface area contributed by atoms with Crippen molar-refractivity contribution in [2.75, 3.05) is 13.7 Å². The molecule has 3 heteroatoms. The molecule has 0 bridgehead atoms. The van der Waals surface area contributed by atoms with E-state index in [-0.39, 0.29) is 5.78 Å². The Morgan fingerprint density at radius 1 is 1.47 bits per heavy atom. The van der Waals surface area contributed by atoms with Crippen LogP contribution in [-0.4, -0.2) is 19.5 Å². The summed E-state index contributed by atoms with van der Waals surface area (Å²) in [4.78, 5) is 11.8. The molecule has 0 aliphatic rings. The fraction of sp³-hybridized carbons (Fsp3) is 0.417. The highest BCUT2D eigenvalue weighted by Gasteiger charge is 2.08. The van der Waals surface area contributed by atoms with Gasteiger partial charge < -0.3 is 4.74 Å². The summed E-state index contributed by atoms with van der Waals surface area (Å²) >= 11 is 3.38. The van der Waals surface area contributed by atoms with Crippen LogP contribution in [0.1, 0.15) is 28.8 Å². The SMILES string of the molecule is COCCCC(=O)c1ccc(Br)cc1C. The monoisotopic (exact) mass is 270 g/mol. The van der Waals surface area contributed by atoms with Crippen molar-refractivity contribution in [1.82, 2.24) is 0 Å². The van der Waals surface area contributed by atoms with Crippen LogP contribution >= 0.6 is 15.9 Å². The summed E-state index contributed by atoms with van der Waals surface area (Å²) in [7, 11) is 1.65. The van der Waals surface area contributed by atoms with Gasteiger partial charge in [-0.2, -0.15) is 0 Å². The lowest BCUT2D eigenvalue weighted by molar-refractivity contribution is 0.0963. The van der Waals surface area contributed by atoms with Crippen LogP contribution in [0, 0.1) is 6.92 Å². The number of hydrogen-bond acceptors (Lipinski definition) is 2. The Labute approximate surface area is 98.8 Å². The molecule has 0 amide bonds. The minimum absolute atomic E-state index is 0.192. The van der Waals surface area contributed by atoms with E-state index in [9.17, 15) is 4.79 Å². The fourth-order valence-electron chi connectivity index (χ4n) is 1.45. The van der Waals surface area contributed by atoms with Crippen LogP contribution in [0.5, 0.6) is 0 Å². The summed E-state index contributed by atoms with van der Waals surface area (Å²) in [5.74, 6) is 0.192. The molecule has 0 aromatic heterocycles. The molecular weight excluding hydrogens is 256 g/mol. The summed E-state index contributed by atoms with van der Waals surface area (Å²) in [5.41, 5.74) is 1.83. The van der Waals surface area contributed by atoms with Gasteiger partial charge in [-0.05, 0) is 31.0 Å². The highest BCUT2D eigenvalue weighted by atomic mass is 79.9. The lowest BCUT2D eigenvalue weighted by Gasteiger charge is -2.05. The lowest BCUT2D eigenvalue weighted by atomic mass is 10.0. The third-order valence-corrected chi connectivity index (χ3v) is 2.73. The third kappa shape index (κ3) is 3.76. The third-order valence-electron chi connectivity index (χ3n) is 2.24. The standard InChI is InChI=1S/C12H15BrO2/c1-9-8-10(13)5-6-11(9)12(14)4-3-7-15-2/h5-6,8H,3-4,7H2,1-2H3. The molecule has 0 N–H and O–H groups in total. The Hall–Kier alpha value is -0.670. The van der Waals surface area contributed by atoms with E-state index in [1.807, 2.05) is 25.1 Å². The first-order valence-electron chi connectivity index (χ1n) is 4.93. The number of ether oxygens (including phenoxy) is 1. The van der Waals surface area contributed by atoms with Crippen molar-refractivity contribution in [2.24, 2.45) is 0 Å². The predicted octanol–water partition coefficient (Wildman–Crippen LogP) is 3.37. The van der Waals surface area contributed by atoms with Gasteiger partial charge in [0.1, 0.15) is 0 Å². The number of methoxy groups -OCH3 is 1. The van der Waals surface area contributed by atoms with Crippen LogP contribution in [0.2, 0.25) is 0 Å². The number of halogens is 1. The van der Waals surface area contributed by atoms with Gasteiger partial charge in [-0.1, -0.05) is 22.0 Å². The second-order valence-electron chi connectivity index (χ2n) is 3.48. The Balaban J connectivity index is 2.65. The minimum Gasteiger partial charge on any atom is -0.385 e. The van der Waals surface area contributed by atoms with Crippen LogP contribution < -0.4 is 0 Å². The molecule has 0 fully saturated rings. The molecule has 1 aromatic carbocycles. The predicted molar refractivity (Wildman–Crippen MR) is 64.3 cm³/mol. The molecule has 0 unspecified atom stereocenters. The molecule has 0 atom stereocenters. The molecule has 0 heterocycles. The van der Waals surface area contributed by atoms with Crippen LogP contribution in [-0.2, 0) is 4.74 Å². The van der Waals surface area contributed by atoms with Crippen LogP contribution in [0.15, 0.2) is 22.7 Å². The summed E-state index contributed by atoms with van der Waals surface area (Å²) in [6, 6.07) is 5.73. The van der Waals surface area contributed by atoms with E-state index in [0.717, 1.165) is 22.0 Å². The normalized spacial score (nSPS) is 10.3. The van der Waals surface area contributed by atoms with Gasteiger partial charge in [0, 0.05) is 30.2 Å². The van der Waals surface area contributed by atoms with E-state index in [0.29, 0.717) is 13.0 Å². The van der Waals surface area contributed by atoms with Gasteiger partial charge in [0.25, 0.3) is 0 Å². The zero-order chi connectivity index (χ0) is 11.3.